The van der Waals surface area contributed by atoms with Crippen LogP contribution in [-0.2, 0) is 11.7 Å². The molecule has 2 rings (SSSR count). The van der Waals surface area contributed by atoms with Gasteiger partial charge in [0, 0.05) is 0 Å². The third-order valence-electron chi connectivity index (χ3n) is 2.45. The van der Waals surface area contributed by atoms with Gasteiger partial charge in [-0.1, -0.05) is 48.5 Å². The predicted molar refractivity (Wildman–Crippen MR) is 60.7 cm³/mol. The second-order valence-corrected chi connectivity index (χ2v) is 3.50. The van der Waals surface area contributed by atoms with Gasteiger partial charge < -0.3 is 0 Å². The van der Waals surface area contributed by atoms with Gasteiger partial charge in [0.15, 0.2) is 0 Å². The van der Waals surface area contributed by atoms with Crippen molar-refractivity contribution in [2.24, 2.45) is 0 Å². The molecule has 15 heavy (non-hydrogen) atoms. The van der Waals surface area contributed by atoms with E-state index in [1.807, 2.05) is 48.5 Å². The standard InChI is InChI=1S/C14H12O/c1-11-4-2-3-5-14(11)13-8-6-12(10-15)7-9-13/h2-9H,1,10H2. The van der Waals surface area contributed by atoms with E-state index in [4.69, 9.17) is 0 Å². The number of hydrogen-bond donors (Lipinski definition) is 0. The lowest BCUT2D eigenvalue weighted by Gasteiger charge is -2.05. The van der Waals surface area contributed by atoms with E-state index in [9.17, 15) is 5.11 Å². The van der Waals surface area contributed by atoms with Gasteiger partial charge in [-0.15, -0.1) is 0 Å². The third-order valence-corrected chi connectivity index (χ3v) is 2.45. The minimum absolute atomic E-state index is 0.160. The topological polar surface area (TPSA) is 19.9 Å². The maximum Gasteiger partial charge on any atom is 0.107 e. The first-order valence-corrected chi connectivity index (χ1v) is 4.89. The Hall–Kier alpha value is -1.60. The zero-order chi connectivity index (χ0) is 10.7. The summed E-state index contributed by atoms with van der Waals surface area (Å²) < 4.78 is 0. The molecule has 0 spiro atoms. The summed E-state index contributed by atoms with van der Waals surface area (Å²) in [7, 11) is 0. The molecule has 0 amide bonds. The fourth-order valence-corrected chi connectivity index (χ4v) is 1.58. The molecule has 0 aromatic heterocycles. The maximum absolute atomic E-state index is 10.6. The van der Waals surface area contributed by atoms with Crippen LogP contribution in [0.5, 0.6) is 0 Å². The molecule has 0 atom stereocenters. The van der Waals surface area contributed by atoms with E-state index in [1.54, 1.807) is 0 Å². The van der Waals surface area contributed by atoms with Gasteiger partial charge in [-0.3, -0.25) is 0 Å². The first kappa shape index (κ1) is 9.94. The van der Waals surface area contributed by atoms with E-state index < -0.39 is 0 Å². The molecule has 0 aliphatic heterocycles. The largest absolute Gasteiger partial charge is 0.232 e. The minimum Gasteiger partial charge on any atom is -0.232 e. The highest BCUT2D eigenvalue weighted by Gasteiger charge is 2.00. The molecule has 0 aliphatic rings. The first-order valence-electron chi connectivity index (χ1n) is 4.89. The van der Waals surface area contributed by atoms with E-state index >= 15 is 0 Å². The van der Waals surface area contributed by atoms with Crippen molar-refractivity contribution in [2.75, 3.05) is 0 Å². The van der Waals surface area contributed by atoms with Gasteiger partial charge in [0.05, 0.1) is 0 Å². The van der Waals surface area contributed by atoms with Gasteiger partial charge in [-0.2, -0.15) is 0 Å². The molecule has 0 heterocycles. The second-order valence-electron chi connectivity index (χ2n) is 3.50. The van der Waals surface area contributed by atoms with Crippen LogP contribution in [0.2, 0.25) is 0 Å². The third kappa shape index (κ3) is 2.08. The van der Waals surface area contributed by atoms with Crippen molar-refractivity contribution in [3.63, 3.8) is 0 Å². The summed E-state index contributed by atoms with van der Waals surface area (Å²) in [6.07, 6.45) is 0. The molecule has 0 saturated carbocycles. The Kier molecular flexibility index (Phi) is 2.84. The van der Waals surface area contributed by atoms with Crippen molar-refractivity contribution >= 4 is 0 Å². The molecule has 2 radical (unpaired) electrons. The molecule has 1 heteroatoms. The van der Waals surface area contributed by atoms with E-state index in [0.29, 0.717) is 0 Å². The summed E-state index contributed by atoms with van der Waals surface area (Å²) in [5, 5.41) is 10.6. The van der Waals surface area contributed by atoms with Gasteiger partial charge in [0.25, 0.3) is 0 Å². The zero-order valence-electron chi connectivity index (χ0n) is 8.44. The Bertz CT molecular complexity index is 443. The summed E-state index contributed by atoms with van der Waals surface area (Å²) in [6, 6.07) is 15.7. The Morgan fingerprint density at radius 1 is 0.933 bits per heavy atom. The van der Waals surface area contributed by atoms with Crippen LogP contribution in [0, 0.1) is 6.92 Å². The minimum atomic E-state index is -0.160. The van der Waals surface area contributed by atoms with Crippen LogP contribution in [0.25, 0.3) is 11.1 Å². The molecule has 1 nitrogen and oxygen atoms in total. The van der Waals surface area contributed by atoms with Crippen molar-refractivity contribution in [1.29, 1.82) is 0 Å². The van der Waals surface area contributed by atoms with Gasteiger partial charge >= 0.3 is 0 Å². The van der Waals surface area contributed by atoms with Gasteiger partial charge in [-0.25, -0.2) is 5.11 Å². The molecule has 0 fully saturated rings. The molecule has 0 bridgehead atoms. The lowest BCUT2D eigenvalue weighted by atomic mass is 10.00. The van der Waals surface area contributed by atoms with Crippen LogP contribution in [0.15, 0.2) is 48.5 Å². The molecule has 0 unspecified atom stereocenters. The predicted octanol–water partition coefficient (Wildman–Crippen LogP) is 3.47. The highest BCUT2D eigenvalue weighted by molar-refractivity contribution is 5.68. The van der Waals surface area contributed by atoms with Crippen LogP contribution in [0.3, 0.4) is 0 Å². The molecule has 0 N–H and O–H groups in total. The quantitative estimate of drug-likeness (QED) is 0.701. The lowest BCUT2D eigenvalue weighted by molar-refractivity contribution is 0.177. The summed E-state index contributed by atoms with van der Waals surface area (Å²) >= 11 is 0. The van der Waals surface area contributed by atoms with Crippen LogP contribution < -0.4 is 0 Å². The Morgan fingerprint density at radius 3 is 2.20 bits per heavy atom. The summed E-state index contributed by atoms with van der Waals surface area (Å²) in [5.41, 5.74) is 4.06. The van der Waals surface area contributed by atoms with Gasteiger partial charge in [0.2, 0.25) is 0 Å². The fourth-order valence-electron chi connectivity index (χ4n) is 1.58. The van der Waals surface area contributed by atoms with E-state index in [2.05, 4.69) is 6.92 Å². The highest BCUT2D eigenvalue weighted by atomic mass is 16.3. The maximum atomic E-state index is 10.6. The van der Waals surface area contributed by atoms with Crippen molar-refractivity contribution in [2.45, 2.75) is 6.61 Å². The van der Waals surface area contributed by atoms with Gasteiger partial charge in [-0.05, 0) is 29.2 Å². The zero-order valence-corrected chi connectivity index (χ0v) is 8.44. The van der Waals surface area contributed by atoms with Crippen LogP contribution in [0.1, 0.15) is 11.1 Å². The van der Waals surface area contributed by atoms with Crippen molar-refractivity contribution in [3.05, 3.63) is 66.6 Å². The highest BCUT2D eigenvalue weighted by Crippen LogP contribution is 2.23. The second kappa shape index (κ2) is 4.28. The average molecular weight is 196 g/mol. The van der Waals surface area contributed by atoms with Crippen LogP contribution >= 0.6 is 0 Å². The molecular weight excluding hydrogens is 184 g/mol. The Labute approximate surface area is 90.0 Å². The van der Waals surface area contributed by atoms with E-state index in [-0.39, 0.29) is 6.61 Å². The number of hydrogen-bond acceptors (Lipinski definition) is 0. The summed E-state index contributed by atoms with van der Waals surface area (Å²) in [4.78, 5) is 0. The van der Waals surface area contributed by atoms with Crippen LogP contribution in [-0.4, -0.2) is 0 Å². The van der Waals surface area contributed by atoms with Gasteiger partial charge in [0.1, 0.15) is 6.61 Å². The average Bonchev–Trinajstić information content (AvgIpc) is 2.30. The van der Waals surface area contributed by atoms with Crippen LogP contribution in [0.4, 0.5) is 0 Å². The monoisotopic (exact) mass is 196 g/mol. The lowest BCUT2D eigenvalue weighted by Crippen LogP contribution is -1.84. The summed E-state index contributed by atoms with van der Waals surface area (Å²) in [5.74, 6) is 0. The van der Waals surface area contributed by atoms with E-state index in [0.717, 1.165) is 22.3 Å². The molecule has 2 aromatic rings. The Morgan fingerprint density at radius 2 is 1.60 bits per heavy atom. The molecular formula is C14H12O. The smallest absolute Gasteiger partial charge is 0.107 e. The van der Waals surface area contributed by atoms with Crippen molar-refractivity contribution in [3.8, 4) is 11.1 Å². The molecule has 2 aromatic carbocycles. The SMILES string of the molecule is [CH2]c1ccccc1-c1ccc(C[O])cc1. The van der Waals surface area contributed by atoms with Crippen molar-refractivity contribution in [1.82, 2.24) is 0 Å². The van der Waals surface area contributed by atoms with E-state index in [1.165, 1.54) is 0 Å². The molecule has 0 saturated heterocycles. The summed E-state index contributed by atoms with van der Waals surface area (Å²) in [6.45, 7) is 3.82. The normalized spacial score (nSPS) is 10.3. The fraction of sp³-hybridized carbons (Fsp3) is 0.0714. The molecule has 0 aliphatic carbocycles. The van der Waals surface area contributed by atoms with Crippen molar-refractivity contribution < 1.29 is 5.11 Å². The molecule has 74 valence electrons. The number of benzene rings is 2. The number of rotatable bonds is 2. The Balaban J connectivity index is 2.42. The first-order chi connectivity index (χ1) is 7.31.